The van der Waals surface area contributed by atoms with Crippen molar-refractivity contribution in [2.45, 2.75) is 51.5 Å². The largest absolute Gasteiger partial charge is 0.347 e. The SMILES string of the molecule is CC(C)(C)c1nnsc1C(=O)NC1CCCCNC1. The average Bonchev–Trinajstić information content (AvgIpc) is 2.70. The van der Waals surface area contributed by atoms with Crippen LogP contribution in [0.2, 0.25) is 0 Å². The molecule has 2 heterocycles. The summed E-state index contributed by atoms with van der Waals surface area (Å²) < 4.78 is 3.94. The monoisotopic (exact) mass is 282 g/mol. The third-order valence-corrected chi connectivity index (χ3v) is 4.01. The third kappa shape index (κ3) is 3.73. The summed E-state index contributed by atoms with van der Waals surface area (Å²) in [6.45, 7) is 8.04. The molecule has 1 atom stereocenters. The Balaban J connectivity index is 2.05. The zero-order valence-electron chi connectivity index (χ0n) is 11.8. The van der Waals surface area contributed by atoms with Crippen LogP contribution in [0.15, 0.2) is 0 Å². The zero-order valence-corrected chi connectivity index (χ0v) is 12.6. The fourth-order valence-electron chi connectivity index (χ4n) is 2.22. The molecule has 1 aromatic rings. The number of amides is 1. The number of nitrogens with zero attached hydrogens (tertiary/aromatic N) is 2. The molecule has 1 saturated heterocycles. The number of nitrogens with one attached hydrogen (secondary N) is 2. The molecule has 1 aromatic heterocycles. The van der Waals surface area contributed by atoms with E-state index in [0.29, 0.717) is 4.88 Å². The van der Waals surface area contributed by atoms with Gasteiger partial charge in [-0.15, -0.1) is 5.10 Å². The lowest BCUT2D eigenvalue weighted by atomic mass is 9.91. The number of carbonyl (C=O) groups is 1. The summed E-state index contributed by atoms with van der Waals surface area (Å²) >= 11 is 1.18. The molecule has 0 aliphatic carbocycles. The van der Waals surface area contributed by atoms with Crippen LogP contribution < -0.4 is 10.6 Å². The maximum absolute atomic E-state index is 12.3. The first-order valence-corrected chi connectivity index (χ1v) is 7.60. The lowest BCUT2D eigenvalue weighted by molar-refractivity contribution is 0.0937. The third-order valence-electron chi connectivity index (χ3n) is 3.29. The summed E-state index contributed by atoms with van der Waals surface area (Å²) in [5.41, 5.74) is 0.637. The number of hydrogen-bond donors (Lipinski definition) is 2. The van der Waals surface area contributed by atoms with Crippen LogP contribution in [0, 0.1) is 0 Å². The van der Waals surface area contributed by atoms with Crippen molar-refractivity contribution in [1.29, 1.82) is 0 Å². The summed E-state index contributed by atoms with van der Waals surface area (Å²) in [7, 11) is 0. The van der Waals surface area contributed by atoms with Gasteiger partial charge in [-0.1, -0.05) is 31.7 Å². The van der Waals surface area contributed by atoms with Crippen molar-refractivity contribution in [3.8, 4) is 0 Å². The highest BCUT2D eigenvalue weighted by Crippen LogP contribution is 2.25. The summed E-state index contributed by atoms with van der Waals surface area (Å²) in [6.07, 6.45) is 3.38. The molecule has 0 aromatic carbocycles. The number of hydrogen-bond acceptors (Lipinski definition) is 5. The molecular formula is C13H22N4OS. The van der Waals surface area contributed by atoms with Crippen LogP contribution in [0.3, 0.4) is 0 Å². The van der Waals surface area contributed by atoms with E-state index in [0.717, 1.165) is 31.6 Å². The van der Waals surface area contributed by atoms with Crippen molar-refractivity contribution >= 4 is 17.4 Å². The van der Waals surface area contributed by atoms with Gasteiger partial charge in [0.1, 0.15) is 4.88 Å². The molecule has 19 heavy (non-hydrogen) atoms. The van der Waals surface area contributed by atoms with Gasteiger partial charge in [0.05, 0.1) is 5.69 Å². The average molecular weight is 282 g/mol. The predicted molar refractivity (Wildman–Crippen MR) is 76.6 cm³/mol. The van der Waals surface area contributed by atoms with Crippen molar-refractivity contribution in [3.05, 3.63) is 10.6 Å². The molecule has 0 radical (unpaired) electrons. The van der Waals surface area contributed by atoms with Crippen LogP contribution in [0.5, 0.6) is 0 Å². The molecule has 1 fully saturated rings. The minimum atomic E-state index is -0.151. The van der Waals surface area contributed by atoms with Crippen molar-refractivity contribution < 1.29 is 4.79 Å². The fraction of sp³-hybridized carbons (Fsp3) is 0.769. The van der Waals surface area contributed by atoms with Gasteiger partial charge in [-0.2, -0.15) is 0 Å². The van der Waals surface area contributed by atoms with Gasteiger partial charge in [0.2, 0.25) is 0 Å². The van der Waals surface area contributed by atoms with Gasteiger partial charge in [0, 0.05) is 18.0 Å². The zero-order chi connectivity index (χ0) is 13.9. The van der Waals surface area contributed by atoms with E-state index >= 15 is 0 Å². The van der Waals surface area contributed by atoms with E-state index in [1.807, 2.05) is 20.8 Å². The van der Waals surface area contributed by atoms with Crippen LogP contribution in [0.1, 0.15) is 55.4 Å². The Labute approximate surface area is 118 Å². The number of carbonyl (C=O) groups excluding carboxylic acids is 1. The first-order chi connectivity index (χ1) is 8.98. The Morgan fingerprint density at radius 3 is 2.95 bits per heavy atom. The molecule has 1 aliphatic rings. The minimum Gasteiger partial charge on any atom is -0.347 e. The van der Waals surface area contributed by atoms with Gasteiger partial charge in [0.25, 0.3) is 5.91 Å². The van der Waals surface area contributed by atoms with Gasteiger partial charge in [-0.05, 0) is 30.9 Å². The normalized spacial score (nSPS) is 20.9. The van der Waals surface area contributed by atoms with E-state index in [4.69, 9.17) is 0 Å². The van der Waals surface area contributed by atoms with E-state index in [9.17, 15) is 4.79 Å². The quantitative estimate of drug-likeness (QED) is 0.866. The fourth-order valence-corrected chi connectivity index (χ4v) is 3.00. The molecule has 2 N–H and O–H groups in total. The second-order valence-electron chi connectivity index (χ2n) is 6.07. The van der Waals surface area contributed by atoms with E-state index in [-0.39, 0.29) is 17.4 Å². The van der Waals surface area contributed by atoms with Crippen molar-refractivity contribution in [2.24, 2.45) is 0 Å². The Hall–Kier alpha value is -1.01. The van der Waals surface area contributed by atoms with Crippen LogP contribution >= 0.6 is 11.5 Å². The van der Waals surface area contributed by atoms with Crippen molar-refractivity contribution in [3.63, 3.8) is 0 Å². The van der Waals surface area contributed by atoms with Gasteiger partial charge in [0.15, 0.2) is 0 Å². The molecule has 0 saturated carbocycles. The molecule has 5 nitrogen and oxygen atoms in total. The van der Waals surface area contributed by atoms with Gasteiger partial charge < -0.3 is 10.6 Å². The topological polar surface area (TPSA) is 66.9 Å². The number of rotatable bonds is 2. The van der Waals surface area contributed by atoms with E-state index in [1.165, 1.54) is 18.0 Å². The maximum atomic E-state index is 12.3. The molecule has 0 spiro atoms. The van der Waals surface area contributed by atoms with Gasteiger partial charge >= 0.3 is 0 Å². The highest BCUT2D eigenvalue weighted by molar-refractivity contribution is 7.08. The maximum Gasteiger partial charge on any atom is 0.265 e. The predicted octanol–water partition coefficient (Wildman–Crippen LogP) is 1.71. The summed E-state index contributed by atoms with van der Waals surface area (Å²) in [5, 5.41) is 10.6. The van der Waals surface area contributed by atoms with Crippen molar-refractivity contribution in [2.75, 3.05) is 13.1 Å². The van der Waals surface area contributed by atoms with E-state index in [2.05, 4.69) is 20.2 Å². The van der Waals surface area contributed by atoms with Crippen molar-refractivity contribution in [1.82, 2.24) is 20.2 Å². The second-order valence-corrected chi connectivity index (χ2v) is 6.83. The molecule has 1 aliphatic heterocycles. The molecule has 2 rings (SSSR count). The Kier molecular flexibility index (Phi) is 4.52. The summed E-state index contributed by atoms with van der Waals surface area (Å²) in [4.78, 5) is 13.0. The minimum absolute atomic E-state index is 0.0337. The smallest absolute Gasteiger partial charge is 0.265 e. The molecule has 6 heteroatoms. The molecule has 106 valence electrons. The highest BCUT2D eigenvalue weighted by atomic mass is 32.1. The molecule has 1 unspecified atom stereocenters. The lowest BCUT2D eigenvalue weighted by Crippen LogP contribution is -2.41. The molecule has 0 bridgehead atoms. The first-order valence-electron chi connectivity index (χ1n) is 6.83. The summed E-state index contributed by atoms with van der Waals surface area (Å²) in [6, 6.07) is 0.213. The van der Waals surface area contributed by atoms with Gasteiger partial charge in [-0.25, -0.2) is 0 Å². The Bertz CT molecular complexity index is 430. The van der Waals surface area contributed by atoms with Gasteiger partial charge in [-0.3, -0.25) is 4.79 Å². The van der Waals surface area contributed by atoms with Crippen LogP contribution in [-0.2, 0) is 5.41 Å². The molecular weight excluding hydrogens is 260 g/mol. The van der Waals surface area contributed by atoms with Crippen LogP contribution in [0.25, 0.3) is 0 Å². The van der Waals surface area contributed by atoms with E-state index < -0.39 is 0 Å². The first kappa shape index (κ1) is 14.4. The summed E-state index contributed by atoms with van der Waals surface area (Å²) in [5.74, 6) is -0.0337. The van der Waals surface area contributed by atoms with Crippen LogP contribution in [-0.4, -0.2) is 34.6 Å². The Morgan fingerprint density at radius 1 is 1.42 bits per heavy atom. The van der Waals surface area contributed by atoms with E-state index in [1.54, 1.807) is 0 Å². The number of aromatic nitrogens is 2. The Morgan fingerprint density at radius 2 is 2.21 bits per heavy atom. The van der Waals surface area contributed by atoms with Crippen LogP contribution in [0.4, 0.5) is 0 Å². The second kappa shape index (κ2) is 5.96. The lowest BCUT2D eigenvalue weighted by Gasteiger charge is -2.19. The molecule has 1 amide bonds. The standard InChI is InChI=1S/C13H22N4OS/c1-13(2,3)11-10(19-17-16-11)12(18)15-9-6-4-5-7-14-8-9/h9,14H,4-8H2,1-3H3,(H,15,18). The highest BCUT2D eigenvalue weighted by Gasteiger charge is 2.27.